The second-order valence-corrected chi connectivity index (χ2v) is 4.97. The van der Waals surface area contributed by atoms with Gasteiger partial charge in [-0.3, -0.25) is 0 Å². The molecule has 1 saturated carbocycles. The quantitative estimate of drug-likeness (QED) is 0.475. The lowest BCUT2D eigenvalue weighted by Gasteiger charge is -2.23. The van der Waals surface area contributed by atoms with Crippen LogP contribution in [0.3, 0.4) is 0 Å². The van der Waals surface area contributed by atoms with Gasteiger partial charge >= 0.3 is 11.9 Å². The number of rotatable bonds is 0. The van der Waals surface area contributed by atoms with Gasteiger partial charge in [0.15, 0.2) is 0 Å². The van der Waals surface area contributed by atoms with Crippen LogP contribution in [0.25, 0.3) is 0 Å². The lowest BCUT2D eigenvalue weighted by molar-refractivity contribution is -0.152. The molecular formula is C13H16O4. The minimum Gasteiger partial charge on any atom is -0.386 e. The van der Waals surface area contributed by atoms with Crippen molar-refractivity contribution in [2.75, 3.05) is 6.61 Å². The van der Waals surface area contributed by atoms with Crippen LogP contribution in [-0.2, 0) is 19.1 Å². The van der Waals surface area contributed by atoms with Gasteiger partial charge < -0.3 is 9.47 Å². The molecule has 2 aliphatic heterocycles. The molecule has 0 aromatic heterocycles. The predicted molar refractivity (Wildman–Crippen MR) is 59.1 cm³/mol. The fourth-order valence-electron chi connectivity index (χ4n) is 3.16. The van der Waals surface area contributed by atoms with Crippen molar-refractivity contribution in [1.82, 2.24) is 0 Å². The van der Waals surface area contributed by atoms with Crippen LogP contribution < -0.4 is 0 Å². The number of carbonyl (C=O) groups is 2. The Hall–Kier alpha value is -1.16. The van der Waals surface area contributed by atoms with Crippen LogP contribution >= 0.6 is 0 Å². The summed E-state index contributed by atoms with van der Waals surface area (Å²) < 4.78 is 10.6. The molecule has 3 rings (SSSR count). The number of cyclic esters (lactones) is 2. The van der Waals surface area contributed by atoms with E-state index in [0.717, 1.165) is 25.7 Å². The van der Waals surface area contributed by atoms with Crippen molar-refractivity contribution in [3.8, 4) is 0 Å². The second-order valence-electron chi connectivity index (χ2n) is 4.97. The van der Waals surface area contributed by atoms with E-state index in [-0.39, 0.29) is 12.0 Å². The van der Waals surface area contributed by atoms with Crippen LogP contribution in [0.15, 0.2) is 11.1 Å². The third kappa shape index (κ3) is 1.80. The average Bonchev–Trinajstić information content (AvgIpc) is 2.52. The van der Waals surface area contributed by atoms with Crippen molar-refractivity contribution in [2.24, 2.45) is 5.92 Å². The van der Waals surface area contributed by atoms with Gasteiger partial charge in [-0.15, -0.1) is 0 Å². The average molecular weight is 236 g/mol. The lowest BCUT2D eigenvalue weighted by atomic mass is 9.87. The minimum atomic E-state index is -0.446. The van der Waals surface area contributed by atoms with Gasteiger partial charge in [-0.05, 0) is 12.8 Å². The number of ether oxygens (including phenoxy) is 2. The van der Waals surface area contributed by atoms with Crippen LogP contribution in [0.5, 0.6) is 0 Å². The zero-order valence-corrected chi connectivity index (χ0v) is 9.74. The number of hydrogen-bond donors (Lipinski definition) is 0. The fraction of sp³-hybridized carbons (Fsp3) is 0.692. The molecule has 17 heavy (non-hydrogen) atoms. The Labute approximate surface area is 100.0 Å². The van der Waals surface area contributed by atoms with Crippen molar-refractivity contribution in [3.05, 3.63) is 11.1 Å². The molecule has 4 nitrogen and oxygen atoms in total. The first-order valence-electron chi connectivity index (χ1n) is 6.38. The van der Waals surface area contributed by atoms with Gasteiger partial charge in [0, 0.05) is 12.3 Å². The zero-order valence-electron chi connectivity index (χ0n) is 9.74. The van der Waals surface area contributed by atoms with Crippen LogP contribution in [-0.4, -0.2) is 24.6 Å². The largest absolute Gasteiger partial charge is 0.386 e. The van der Waals surface area contributed by atoms with Gasteiger partial charge in [0.05, 0.1) is 23.9 Å². The van der Waals surface area contributed by atoms with Crippen molar-refractivity contribution in [3.63, 3.8) is 0 Å². The molecule has 0 spiro atoms. The Kier molecular flexibility index (Phi) is 2.74. The first kappa shape index (κ1) is 11.0. The molecule has 3 aliphatic rings. The highest BCUT2D eigenvalue weighted by Gasteiger charge is 2.42. The van der Waals surface area contributed by atoms with E-state index < -0.39 is 11.9 Å². The topological polar surface area (TPSA) is 52.6 Å². The summed E-state index contributed by atoms with van der Waals surface area (Å²) in [7, 11) is 0. The van der Waals surface area contributed by atoms with E-state index in [1.165, 1.54) is 6.42 Å². The molecule has 1 fully saturated rings. The summed E-state index contributed by atoms with van der Waals surface area (Å²) >= 11 is 0. The fourth-order valence-corrected chi connectivity index (χ4v) is 3.16. The van der Waals surface area contributed by atoms with Gasteiger partial charge in [-0.25, -0.2) is 9.59 Å². The van der Waals surface area contributed by atoms with Crippen molar-refractivity contribution < 1.29 is 19.1 Å². The van der Waals surface area contributed by atoms with Crippen LogP contribution in [0.2, 0.25) is 0 Å². The van der Waals surface area contributed by atoms with Gasteiger partial charge in [0.1, 0.15) is 0 Å². The lowest BCUT2D eigenvalue weighted by Crippen LogP contribution is -2.26. The summed E-state index contributed by atoms with van der Waals surface area (Å²) in [6.45, 7) is 0.530. The number of hydrogen-bond acceptors (Lipinski definition) is 4. The Bertz CT molecular complexity index is 396. The first-order valence-corrected chi connectivity index (χ1v) is 6.38. The van der Waals surface area contributed by atoms with E-state index in [9.17, 15) is 9.59 Å². The molecule has 0 radical (unpaired) electrons. The van der Waals surface area contributed by atoms with Crippen LogP contribution in [0, 0.1) is 5.92 Å². The zero-order chi connectivity index (χ0) is 11.8. The number of carbonyl (C=O) groups excluding carboxylic acids is 2. The normalized spacial score (nSPS) is 33.6. The summed E-state index contributed by atoms with van der Waals surface area (Å²) in [5.74, 6) is -0.792. The third-order valence-corrected chi connectivity index (χ3v) is 3.98. The number of fused-ring (bicyclic) bond motifs is 2. The SMILES string of the molecule is O=C1OC(=O)C2=C1CCOC1CCCCCC21. The highest BCUT2D eigenvalue weighted by atomic mass is 16.6. The van der Waals surface area contributed by atoms with Crippen molar-refractivity contribution >= 4 is 11.9 Å². The van der Waals surface area contributed by atoms with E-state index >= 15 is 0 Å². The molecule has 2 heterocycles. The minimum absolute atomic E-state index is 0.0777. The van der Waals surface area contributed by atoms with Crippen molar-refractivity contribution in [2.45, 2.75) is 44.6 Å². The Morgan fingerprint density at radius 2 is 1.82 bits per heavy atom. The van der Waals surface area contributed by atoms with Crippen LogP contribution in [0.4, 0.5) is 0 Å². The van der Waals surface area contributed by atoms with Gasteiger partial charge in [-0.1, -0.05) is 19.3 Å². The van der Waals surface area contributed by atoms with E-state index in [1.807, 2.05) is 0 Å². The summed E-state index contributed by atoms with van der Waals surface area (Å²) in [6.07, 6.45) is 5.97. The smallest absolute Gasteiger partial charge is 0.342 e. The molecule has 92 valence electrons. The van der Waals surface area contributed by atoms with Gasteiger partial charge in [-0.2, -0.15) is 0 Å². The standard InChI is InChI=1S/C13H16O4/c14-12-9-6-7-16-10-5-3-1-2-4-8(10)11(9)13(15)17-12/h8,10H,1-7H2. The van der Waals surface area contributed by atoms with Gasteiger partial charge in [0.25, 0.3) is 0 Å². The molecule has 2 atom stereocenters. The Balaban J connectivity index is 1.99. The van der Waals surface area contributed by atoms with Gasteiger partial charge in [0.2, 0.25) is 0 Å². The Morgan fingerprint density at radius 1 is 1.00 bits per heavy atom. The maximum Gasteiger partial charge on any atom is 0.342 e. The molecule has 0 N–H and O–H groups in total. The first-order chi connectivity index (χ1) is 8.27. The second kappa shape index (κ2) is 4.26. The predicted octanol–water partition coefficient (Wildman–Crippen LogP) is 1.74. The van der Waals surface area contributed by atoms with E-state index in [4.69, 9.17) is 9.47 Å². The van der Waals surface area contributed by atoms with E-state index in [2.05, 4.69) is 0 Å². The molecule has 1 aliphatic carbocycles. The summed E-state index contributed by atoms with van der Waals surface area (Å²) in [5, 5.41) is 0. The Morgan fingerprint density at radius 3 is 2.71 bits per heavy atom. The molecule has 4 heteroatoms. The monoisotopic (exact) mass is 236 g/mol. The molecular weight excluding hydrogens is 220 g/mol. The molecule has 0 aromatic carbocycles. The molecule has 2 unspecified atom stereocenters. The molecule has 0 bridgehead atoms. The third-order valence-electron chi connectivity index (χ3n) is 3.98. The highest BCUT2D eigenvalue weighted by molar-refractivity contribution is 6.12. The maximum absolute atomic E-state index is 11.8. The highest BCUT2D eigenvalue weighted by Crippen LogP contribution is 2.39. The number of esters is 2. The van der Waals surface area contributed by atoms with E-state index in [1.54, 1.807) is 0 Å². The van der Waals surface area contributed by atoms with Crippen LogP contribution in [0.1, 0.15) is 38.5 Å². The maximum atomic E-state index is 11.8. The molecule has 0 saturated heterocycles. The molecule has 0 aromatic rings. The summed E-state index contributed by atoms with van der Waals surface area (Å²) in [6, 6.07) is 0. The van der Waals surface area contributed by atoms with Crippen molar-refractivity contribution in [1.29, 1.82) is 0 Å². The summed E-state index contributed by atoms with van der Waals surface area (Å²) in [5.41, 5.74) is 1.20. The summed E-state index contributed by atoms with van der Waals surface area (Å²) in [4.78, 5) is 23.4. The molecule has 0 amide bonds. The van der Waals surface area contributed by atoms with E-state index in [0.29, 0.717) is 24.2 Å².